The third-order valence-electron chi connectivity index (χ3n) is 2.81. The van der Waals surface area contributed by atoms with E-state index in [1.807, 2.05) is 42.5 Å². The van der Waals surface area contributed by atoms with Crippen LogP contribution in [0.3, 0.4) is 0 Å². The van der Waals surface area contributed by atoms with Crippen LogP contribution in [0.25, 0.3) is 22.0 Å². The van der Waals surface area contributed by atoms with E-state index >= 15 is 0 Å². The summed E-state index contributed by atoms with van der Waals surface area (Å²) in [7, 11) is 0. The average molecular weight is 426 g/mol. The van der Waals surface area contributed by atoms with Gasteiger partial charge in [0.25, 0.3) is 0 Å². The van der Waals surface area contributed by atoms with Gasteiger partial charge in [-0.25, -0.2) is 15.8 Å². The lowest BCUT2D eigenvalue weighted by Gasteiger charge is -2.06. The zero-order valence-electron chi connectivity index (χ0n) is 10.7. The minimum atomic E-state index is 0.583. The van der Waals surface area contributed by atoms with Gasteiger partial charge in [0, 0.05) is 16.1 Å². The lowest BCUT2D eigenvalue weighted by atomic mass is 10.1. The van der Waals surface area contributed by atoms with Crippen molar-refractivity contribution in [3.63, 3.8) is 0 Å². The molecule has 106 valence electrons. The molecule has 3 rings (SSSR count). The maximum absolute atomic E-state index is 5.52. The number of nitrogens with two attached hydrogens (primary N) is 1. The molecular weight excluding hydrogens is 416 g/mol. The molecule has 1 aromatic carbocycles. The van der Waals surface area contributed by atoms with E-state index in [9.17, 15) is 0 Å². The summed E-state index contributed by atoms with van der Waals surface area (Å²) in [4.78, 5) is 10.0. The van der Waals surface area contributed by atoms with E-state index in [0.29, 0.717) is 11.6 Å². The molecule has 0 radical (unpaired) electrons. The van der Waals surface area contributed by atoms with Crippen LogP contribution in [-0.4, -0.2) is 9.97 Å². The normalized spacial score (nSPS) is 10.6. The van der Waals surface area contributed by atoms with E-state index in [0.717, 1.165) is 24.4 Å². The molecule has 0 spiro atoms. The highest BCUT2D eigenvalue weighted by molar-refractivity contribution is 9.13. The van der Waals surface area contributed by atoms with Crippen molar-refractivity contribution in [1.82, 2.24) is 9.97 Å². The number of rotatable bonds is 3. The van der Waals surface area contributed by atoms with E-state index in [-0.39, 0.29) is 0 Å². The summed E-state index contributed by atoms with van der Waals surface area (Å²) < 4.78 is 1.99. The first-order valence-electron chi connectivity index (χ1n) is 6.03. The Morgan fingerprint density at radius 1 is 1.05 bits per heavy atom. The first-order chi connectivity index (χ1) is 10.2. The summed E-state index contributed by atoms with van der Waals surface area (Å²) in [5, 5.41) is 0. The Morgan fingerprint density at radius 3 is 2.43 bits per heavy atom. The van der Waals surface area contributed by atoms with Crippen LogP contribution in [0.15, 0.2) is 50.7 Å². The molecule has 0 saturated heterocycles. The van der Waals surface area contributed by atoms with Crippen LogP contribution in [0.5, 0.6) is 0 Å². The number of halogens is 2. The Hall–Kier alpha value is -1.28. The highest BCUT2D eigenvalue weighted by atomic mass is 79.9. The van der Waals surface area contributed by atoms with Crippen molar-refractivity contribution >= 4 is 49.0 Å². The molecular formula is C14H10Br2N4S. The van der Waals surface area contributed by atoms with E-state index < -0.39 is 0 Å². The molecule has 21 heavy (non-hydrogen) atoms. The fourth-order valence-electron chi connectivity index (χ4n) is 1.84. The Bertz CT molecular complexity index is 754. The number of thiophene rings is 1. The van der Waals surface area contributed by atoms with Crippen LogP contribution < -0.4 is 11.3 Å². The summed E-state index contributed by atoms with van der Waals surface area (Å²) in [6, 6.07) is 13.8. The maximum atomic E-state index is 5.52. The minimum absolute atomic E-state index is 0.583. The topological polar surface area (TPSA) is 63.8 Å². The van der Waals surface area contributed by atoms with Crippen LogP contribution >= 0.6 is 43.2 Å². The highest BCUT2D eigenvalue weighted by Gasteiger charge is 2.12. The number of benzene rings is 1. The van der Waals surface area contributed by atoms with Crippen molar-refractivity contribution in [1.29, 1.82) is 0 Å². The standard InChI is InChI=1S/C14H10Br2N4S/c15-9-6-11(21-13(9)16)14-18-10(7-12(19-14)20-17)8-4-2-1-3-5-8/h1-7H,17H2,(H,18,19,20). The van der Waals surface area contributed by atoms with Gasteiger partial charge in [-0.3, -0.25) is 0 Å². The van der Waals surface area contributed by atoms with Crippen molar-refractivity contribution in [2.24, 2.45) is 5.84 Å². The van der Waals surface area contributed by atoms with E-state index in [2.05, 4.69) is 47.3 Å². The van der Waals surface area contributed by atoms with Crippen LogP contribution in [-0.2, 0) is 0 Å². The van der Waals surface area contributed by atoms with Gasteiger partial charge < -0.3 is 5.43 Å². The molecule has 0 bridgehead atoms. The number of aromatic nitrogens is 2. The first kappa shape index (κ1) is 14.6. The summed E-state index contributed by atoms with van der Waals surface area (Å²) in [5.41, 5.74) is 4.45. The molecule has 3 N–H and O–H groups in total. The zero-order valence-corrected chi connectivity index (χ0v) is 14.7. The Morgan fingerprint density at radius 2 is 1.81 bits per heavy atom. The highest BCUT2D eigenvalue weighted by Crippen LogP contribution is 2.37. The summed E-state index contributed by atoms with van der Waals surface area (Å²) in [6.45, 7) is 0. The van der Waals surface area contributed by atoms with Gasteiger partial charge in [-0.1, -0.05) is 30.3 Å². The number of hydrogen-bond acceptors (Lipinski definition) is 5. The van der Waals surface area contributed by atoms with Crippen molar-refractivity contribution in [2.45, 2.75) is 0 Å². The predicted molar refractivity (Wildman–Crippen MR) is 94.0 cm³/mol. The van der Waals surface area contributed by atoms with Crippen molar-refractivity contribution in [3.05, 3.63) is 50.7 Å². The molecule has 0 aliphatic rings. The lowest BCUT2D eigenvalue weighted by molar-refractivity contribution is 1.16. The zero-order chi connectivity index (χ0) is 14.8. The van der Waals surface area contributed by atoms with Gasteiger partial charge in [0.15, 0.2) is 5.82 Å². The molecule has 0 amide bonds. The van der Waals surface area contributed by atoms with Gasteiger partial charge >= 0.3 is 0 Å². The maximum Gasteiger partial charge on any atom is 0.172 e. The van der Waals surface area contributed by atoms with Gasteiger partial charge in [-0.15, -0.1) is 11.3 Å². The van der Waals surface area contributed by atoms with Crippen LogP contribution in [0.2, 0.25) is 0 Å². The molecule has 0 fully saturated rings. The summed E-state index contributed by atoms with van der Waals surface area (Å²) in [5.74, 6) is 6.75. The third-order valence-corrected chi connectivity index (χ3v) is 6.06. The summed E-state index contributed by atoms with van der Waals surface area (Å²) in [6.07, 6.45) is 0. The number of hydrogen-bond donors (Lipinski definition) is 2. The van der Waals surface area contributed by atoms with Crippen LogP contribution in [0, 0.1) is 0 Å². The van der Waals surface area contributed by atoms with Gasteiger partial charge in [0.05, 0.1) is 14.4 Å². The molecule has 7 heteroatoms. The molecule has 0 aliphatic carbocycles. The number of nitrogens with zero attached hydrogens (tertiary/aromatic N) is 2. The molecule has 0 unspecified atom stereocenters. The van der Waals surface area contributed by atoms with Gasteiger partial charge in [0.2, 0.25) is 0 Å². The van der Waals surface area contributed by atoms with Gasteiger partial charge in [0.1, 0.15) is 5.82 Å². The quantitative estimate of drug-likeness (QED) is 0.472. The average Bonchev–Trinajstić information content (AvgIpc) is 2.87. The summed E-state index contributed by atoms with van der Waals surface area (Å²) >= 11 is 8.53. The molecule has 0 atom stereocenters. The van der Waals surface area contributed by atoms with Crippen molar-refractivity contribution < 1.29 is 0 Å². The second kappa shape index (κ2) is 6.23. The largest absolute Gasteiger partial charge is 0.308 e. The van der Waals surface area contributed by atoms with Crippen LogP contribution in [0.4, 0.5) is 5.82 Å². The lowest BCUT2D eigenvalue weighted by Crippen LogP contribution is -2.09. The fraction of sp³-hybridized carbons (Fsp3) is 0. The fourth-order valence-corrected chi connectivity index (χ4v) is 3.81. The first-order valence-corrected chi connectivity index (χ1v) is 8.44. The molecule has 0 saturated carbocycles. The van der Waals surface area contributed by atoms with E-state index in [4.69, 9.17) is 5.84 Å². The molecule has 2 heterocycles. The molecule has 0 aliphatic heterocycles. The Kier molecular flexibility index (Phi) is 4.34. The molecule has 4 nitrogen and oxygen atoms in total. The predicted octanol–water partition coefficient (Wildman–Crippen LogP) is 4.68. The third kappa shape index (κ3) is 3.16. The van der Waals surface area contributed by atoms with Crippen molar-refractivity contribution in [3.8, 4) is 22.0 Å². The minimum Gasteiger partial charge on any atom is -0.308 e. The van der Waals surface area contributed by atoms with Gasteiger partial charge in [-0.2, -0.15) is 0 Å². The monoisotopic (exact) mass is 424 g/mol. The number of anilines is 1. The second-order valence-electron chi connectivity index (χ2n) is 4.20. The Balaban J connectivity index is 2.13. The Labute approximate surface area is 142 Å². The number of nitrogens with one attached hydrogen (secondary N) is 1. The van der Waals surface area contributed by atoms with E-state index in [1.165, 1.54) is 0 Å². The second-order valence-corrected chi connectivity index (χ2v) is 7.43. The molecule has 3 aromatic rings. The smallest absolute Gasteiger partial charge is 0.172 e. The number of nitrogen functional groups attached to an aromatic ring is 1. The SMILES string of the molecule is NNc1cc(-c2ccccc2)nc(-c2cc(Br)c(Br)s2)n1. The van der Waals surface area contributed by atoms with E-state index in [1.54, 1.807) is 11.3 Å². The van der Waals surface area contributed by atoms with Crippen molar-refractivity contribution in [2.75, 3.05) is 5.43 Å². The van der Waals surface area contributed by atoms with Gasteiger partial charge in [-0.05, 0) is 37.9 Å². The molecule has 2 aromatic heterocycles. The van der Waals surface area contributed by atoms with Crippen LogP contribution in [0.1, 0.15) is 0 Å². The number of hydrazine groups is 1.